The third-order valence-electron chi connectivity index (χ3n) is 2.70. The van der Waals surface area contributed by atoms with Crippen molar-refractivity contribution in [3.63, 3.8) is 0 Å². The second-order valence-electron chi connectivity index (χ2n) is 3.92. The standard InChI is InChI=1S/C14H14N4/c1-3-18(12-6-4-11(2)5-7-12)14-13(10-15)16-8-9-17-14/h4-9H,3H2,1-2H3. The number of aryl methyl sites for hydroxylation is 1. The Kier molecular flexibility index (Phi) is 3.54. The van der Waals surface area contributed by atoms with Crippen LogP contribution in [0, 0.1) is 18.3 Å². The predicted octanol–water partition coefficient (Wildman–Crippen LogP) is 2.81. The van der Waals surface area contributed by atoms with E-state index in [1.54, 1.807) is 6.20 Å². The molecule has 0 amide bonds. The van der Waals surface area contributed by atoms with Crippen molar-refractivity contribution < 1.29 is 0 Å². The zero-order valence-corrected chi connectivity index (χ0v) is 10.5. The molecule has 4 heteroatoms. The Bertz CT molecular complexity index is 569. The molecular formula is C14H14N4. The van der Waals surface area contributed by atoms with Gasteiger partial charge in [0, 0.05) is 24.6 Å². The minimum absolute atomic E-state index is 0.347. The molecule has 4 nitrogen and oxygen atoms in total. The number of anilines is 2. The van der Waals surface area contributed by atoms with Crippen LogP contribution in [-0.2, 0) is 0 Å². The summed E-state index contributed by atoms with van der Waals surface area (Å²) in [6.45, 7) is 4.80. The molecule has 0 radical (unpaired) electrons. The Hall–Kier alpha value is -2.41. The SMILES string of the molecule is CCN(c1ccc(C)cc1)c1nccnc1C#N. The number of nitriles is 1. The first-order valence-electron chi connectivity index (χ1n) is 5.81. The molecule has 0 bridgehead atoms. The normalized spacial score (nSPS) is 9.83. The fraction of sp³-hybridized carbons (Fsp3) is 0.214. The van der Waals surface area contributed by atoms with Crippen LogP contribution in [0.25, 0.3) is 0 Å². The minimum atomic E-state index is 0.347. The van der Waals surface area contributed by atoms with Crippen LogP contribution in [-0.4, -0.2) is 16.5 Å². The number of hydrogen-bond donors (Lipinski definition) is 0. The van der Waals surface area contributed by atoms with E-state index in [0.29, 0.717) is 11.5 Å². The Balaban J connectivity index is 2.46. The summed E-state index contributed by atoms with van der Waals surface area (Å²) in [7, 11) is 0. The van der Waals surface area contributed by atoms with E-state index in [1.807, 2.05) is 43.0 Å². The summed E-state index contributed by atoms with van der Waals surface area (Å²) < 4.78 is 0. The van der Waals surface area contributed by atoms with Crippen LogP contribution < -0.4 is 4.90 Å². The van der Waals surface area contributed by atoms with Crippen molar-refractivity contribution in [3.05, 3.63) is 47.9 Å². The average molecular weight is 238 g/mol. The zero-order valence-electron chi connectivity index (χ0n) is 10.5. The van der Waals surface area contributed by atoms with E-state index >= 15 is 0 Å². The maximum Gasteiger partial charge on any atom is 0.183 e. The van der Waals surface area contributed by atoms with Crippen LogP contribution in [0.1, 0.15) is 18.2 Å². The molecule has 90 valence electrons. The number of nitrogens with zero attached hydrogens (tertiary/aromatic N) is 4. The Morgan fingerprint density at radius 1 is 1.17 bits per heavy atom. The number of rotatable bonds is 3. The quantitative estimate of drug-likeness (QED) is 0.825. The van der Waals surface area contributed by atoms with Crippen molar-refractivity contribution >= 4 is 11.5 Å². The summed E-state index contributed by atoms with van der Waals surface area (Å²) in [6, 6.07) is 10.2. The third kappa shape index (κ3) is 2.30. The molecule has 18 heavy (non-hydrogen) atoms. The monoisotopic (exact) mass is 238 g/mol. The summed E-state index contributed by atoms with van der Waals surface area (Å²) in [6.07, 6.45) is 3.14. The molecule has 0 aliphatic heterocycles. The third-order valence-corrected chi connectivity index (χ3v) is 2.70. The summed E-state index contributed by atoms with van der Waals surface area (Å²) in [5, 5.41) is 9.07. The van der Waals surface area contributed by atoms with Gasteiger partial charge in [-0.25, -0.2) is 9.97 Å². The van der Waals surface area contributed by atoms with Gasteiger partial charge in [0.25, 0.3) is 0 Å². The van der Waals surface area contributed by atoms with Crippen LogP contribution in [0.3, 0.4) is 0 Å². The highest BCUT2D eigenvalue weighted by atomic mass is 15.2. The Morgan fingerprint density at radius 3 is 2.44 bits per heavy atom. The van der Waals surface area contributed by atoms with Gasteiger partial charge in [0.15, 0.2) is 11.5 Å². The molecule has 1 heterocycles. The van der Waals surface area contributed by atoms with Gasteiger partial charge in [0.05, 0.1) is 0 Å². The molecule has 0 spiro atoms. The Labute approximate surface area is 107 Å². The van der Waals surface area contributed by atoms with Crippen molar-refractivity contribution in [1.82, 2.24) is 9.97 Å². The topological polar surface area (TPSA) is 52.8 Å². The first kappa shape index (κ1) is 12.1. The molecule has 0 saturated heterocycles. The molecule has 0 aliphatic rings. The van der Waals surface area contributed by atoms with E-state index in [1.165, 1.54) is 11.8 Å². The first-order chi connectivity index (χ1) is 8.76. The highest BCUT2D eigenvalue weighted by molar-refractivity contribution is 5.63. The molecule has 2 aromatic rings. The van der Waals surface area contributed by atoms with E-state index in [9.17, 15) is 0 Å². The van der Waals surface area contributed by atoms with Gasteiger partial charge in [-0.3, -0.25) is 0 Å². The van der Waals surface area contributed by atoms with E-state index < -0.39 is 0 Å². The van der Waals surface area contributed by atoms with Crippen LogP contribution >= 0.6 is 0 Å². The van der Waals surface area contributed by atoms with Gasteiger partial charge in [0.1, 0.15) is 6.07 Å². The van der Waals surface area contributed by atoms with Crippen LogP contribution in [0.15, 0.2) is 36.7 Å². The lowest BCUT2D eigenvalue weighted by Gasteiger charge is -2.22. The predicted molar refractivity (Wildman–Crippen MR) is 70.6 cm³/mol. The molecule has 0 aliphatic carbocycles. The molecule has 1 aromatic carbocycles. The molecule has 0 unspecified atom stereocenters. The van der Waals surface area contributed by atoms with E-state index in [0.717, 1.165) is 12.2 Å². The highest BCUT2D eigenvalue weighted by Crippen LogP contribution is 2.24. The highest BCUT2D eigenvalue weighted by Gasteiger charge is 2.13. The fourth-order valence-electron chi connectivity index (χ4n) is 1.79. The van der Waals surface area contributed by atoms with Gasteiger partial charge in [-0.1, -0.05) is 17.7 Å². The van der Waals surface area contributed by atoms with E-state index in [4.69, 9.17) is 5.26 Å². The maximum atomic E-state index is 9.07. The molecule has 0 fully saturated rings. The summed E-state index contributed by atoms with van der Waals surface area (Å²) in [5.74, 6) is 0.603. The summed E-state index contributed by atoms with van der Waals surface area (Å²) in [5.41, 5.74) is 2.56. The summed E-state index contributed by atoms with van der Waals surface area (Å²) in [4.78, 5) is 10.3. The largest absolute Gasteiger partial charge is 0.324 e. The van der Waals surface area contributed by atoms with Gasteiger partial charge in [0.2, 0.25) is 0 Å². The fourth-order valence-corrected chi connectivity index (χ4v) is 1.79. The van der Waals surface area contributed by atoms with Crippen molar-refractivity contribution in [2.24, 2.45) is 0 Å². The molecular weight excluding hydrogens is 224 g/mol. The molecule has 0 atom stereocenters. The van der Waals surface area contributed by atoms with E-state index in [2.05, 4.69) is 16.0 Å². The van der Waals surface area contributed by atoms with Gasteiger partial charge in [-0.05, 0) is 26.0 Å². The minimum Gasteiger partial charge on any atom is -0.324 e. The van der Waals surface area contributed by atoms with Crippen molar-refractivity contribution in [3.8, 4) is 6.07 Å². The molecule has 2 rings (SSSR count). The Morgan fingerprint density at radius 2 is 1.83 bits per heavy atom. The first-order valence-corrected chi connectivity index (χ1v) is 5.81. The van der Waals surface area contributed by atoms with E-state index in [-0.39, 0.29) is 0 Å². The van der Waals surface area contributed by atoms with Crippen LogP contribution in [0.2, 0.25) is 0 Å². The van der Waals surface area contributed by atoms with Crippen LogP contribution in [0.4, 0.5) is 11.5 Å². The number of benzene rings is 1. The van der Waals surface area contributed by atoms with Gasteiger partial charge in [-0.2, -0.15) is 5.26 Å². The van der Waals surface area contributed by atoms with Gasteiger partial charge in [-0.15, -0.1) is 0 Å². The lowest BCUT2D eigenvalue weighted by Crippen LogP contribution is -2.19. The zero-order chi connectivity index (χ0) is 13.0. The molecule has 1 aromatic heterocycles. The average Bonchev–Trinajstić information content (AvgIpc) is 2.42. The lowest BCUT2D eigenvalue weighted by atomic mass is 10.2. The molecule has 0 N–H and O–H groups in total. The molecule has 0 saturated carbocycles. The lowest BCUT2D eigenvalue weighted by molar-refractivity contribution is 0.967. The van der Waals surface area contributed by atoms with Gasteiger partial charge < -0.3 is 4.90 Å². The van der Waals surface area contributed by atoms with Gasteiger partial charge >= 0.3 is 0 Å². The second kappa shape index (κ2) is 5.28. The van der Waals surface area contributed by atoms with Crippen LogP contribution in [0.5, 0.6) is 0 Å². The van der Waals surface area contributed by atoms with Crippen molar-refractivity contribution in [2.45, 2.75) is 13.8 Å². The summed E-state index contributed by atoms with van der Waals surface area (Å²) >= 11 is 0. The smallest absolute Gasteiger partial charge is 0.183 e. The van der Waals surface area contributed by atoms with Crippen molar-refractivity contribution in [1.29, 1.82) is 5.26 Å². The maximum absolute atomic E-state index is 9.07. The number of aromatic nitrogens is 2. The van der Waals surface area contributed by atoms with Crippen molar-refractivity contribution in [2.75, 3.05) is 11.4 Å². The second-order valence-corrected chi connectivity index (χ2v) is 3.92. The number of hydrogen-bond acceptors (Lipinski definition) is 4.